The summed E-state index contributed by atoms with van der Waals surface area (Å²) in [6, 6.07) is 0. The molecule has 0 aliphatic rings. The maximum absolute atomic E-state index is 10.5. The normalized spacial score (nSPS) is 10.7. The molecule has 0 saturated heterocycles. The van der Waals surface area contributed by atoms with Crippen LogP contribution in [0.3, 0.4) is 0 Å². The highest BCUT2D eigenvalue weighted by Gasteiger charge is 2.47. The molecule has 0 aromatic rings. The van der Waals surface area contributed by atoms with Gasteiger partial charge >= 0.3 is 11.9 Å². The molecule has 0 unspecified atom stereocenters. The maximum atomic E-state index is 10.5. The van der Waals surface area contributed by atoms with Gasteiger partial charge in [-0.25, -0.2) is 9.59 Å². The molecule has 0 fully saturated rings. The number of hydrogen-bond donors (Lipinski definition) is 3. The van der Waals surface area contributed by atoms with Gasteiger partial charge in [0, 0.05) is 0 Å². The van der Waals surface area contributed by atoms with Gasteiger partial charge < -0.3 is 15.9 Å². The first kappa shape index (κ1) is 9.57. The Hall–Kier alpha value is -1.43. The fourth-order valence-electron chi connectivity index (χ4n) is 0.393. The van der Waals surface area contributed by atoms with Crippen molar-refractivity contribution in [3.8, 4) is 0 Å². The van der Waals surface area contributed by atoms with E-state index in [-0.39, 0.29) is 0 Å². The van der Waals surface area contributed by atoms with E-state index in [9.17, 15) is 14.4 Å². The van der Waals surface area contributed by atoms with Gasteiger partial charge in [-0.2, -0.15) is 0 Å². The van der Waals surface area contributed by atoms with Gasteiger partial charge in [0.15, 0.2) is 5.78 Å². The Labute approximate surface area is 61.6 Å². The van der Waals surface area contributed by atoms with E-state index in [1.54, 1.807) is 0 Å². The van der Waals surface area contributed by atoms with Crippen molar-refractivity contribution in [2.75, 3.05) is 0 Å². The van der Waals surface area contributed by atoms with Crippen molar-refractivity contribution in [2.24, 2.45) is 5.73 Å². The zero-order valence-corrected chi connectivity index (χ0v) is 5.70. The molecule has 0 aliphatic carbocycles. The molecule has 0 rings (SSSR count). The van der Waals surface area contributed by atoms with Gasteiger partial charge in [0.25, 0.3) is 5.54 Å². The first-order valence-corrected chi connectivity index (χ1v) is 2.60. The zero-order valence-electron chi connectivity index (χ0n) is 5.70. The van der Waals surface area contributed by atoms with Crippen LogP contribution in [-0.4, -0.2) is 33.5 Å². The second kappa shape index (κ2) is 2.67. The third-order valence-electron chi connectivity index (χ3n) is 1.23. The largest absolute Gasteiger partial charge is 0.479 e. The smallest absolute Gasteiger partial charge is 0.343 e. The van der Waals surface area contributed by atoms with Crippen LogP contribution in [0.5, 0.6) is 0 Å². The van der Waals surface area contributed by atoms with Crippen molar-refractivity contribution < 1.29 is 24.6 Å². The molecule has 62 valence electrons. The molecule has 11 heavy (non-hydrogen) atoms. The van der Waals surface area contributed by atoms with E-state index in [2.05, 4.69) is 0 Å². The molecule has 0 aromatic carbocycles. The van der Waals surface area contributed by atoms with Gasteiger partial charge in [-0.15, -0.1) is 0 Å². The lowest BCUT2D eigenvalue weighted by Crippen LogP contribution is -2.60. The third kappa shape index (κ3) is 1.35. The lowest BCUT2D eigenvalue weighted by Gasteiger charge is -2.14. The van der Waals surface area contributed by atoms with Gasteiger partial charge in [-0.05, 0) is 6.92 Å². The molecule has 0 aliphatic heterocycles. The topological polar surface area (TPSA) is 118 Å². The Bertz CT molecular complexity index is 185. The Balaban J connectivity index is 4.99. The van der Waals surface area contributed by atoms with E-state index < -0.39 is 23.3 Å². The number of carbonyl (C=O) groups is 3. The highest BCUT2D eigenvalue weighted by Crippen LogP contribution is 2.02. The highest BCUT2D eigenvalue weighted by molar-refractivity contribution is 6.23. The molecule has 0 heterocycles. The maximum Gasteiger partial charge on any atom is 0.343 e. The van der Waals surface area contributed by atoms with Crippen molar-refractivity contribution in [2.45, 2.75) is 12.5 Å². The van der Waals surface area contributed by atoms with Crippen LogP contribution in [0.2, 0.25) is 0 Å². The van der Waals surface area contributed by atoms with Gasteiger partial charge in [0.05, 0.1) is 0 Å². The molecule has 0 atom stereocenters. The van der Waals surface area contributed by atoms with Crippen molar-refractivity contribution >= 4 is 17.7 Å². The second-order valence-corrected chi connectivity index (χ2v) is 1.97. The number of rotatable bonds is 3. The molecule has 6 nitrogen and oxygen atoms in total. The predicted molar refractivity (Wildman–Crippen MR) is 32.9 cm³/mol. The Morgan fingerprint density at radius 1 is 1.18 bits per heavy atom. The lowest BCUT2D eigenvalue weighted by molar-refractivity contribution is -0.159. The van der Waals surface area contributed by atoms with Crippen LogP contribution >= 0.6 is 0 Å². The molecular formula is C5H7NO5. The molecule has 6 heteroatoms. The SMILES string of the molecule is CC(=O)C(N)(C(=O)O)C(=O)O. The summed E-state index contributed by atoms with van der Waals surface area (Å²) in [6.07, 6.45) is 0. The first-order chi connectivity index (χ1) is 4.83. The second-order valence-electron chi connectivity index (χ2n) is 1.97. The molecule has 0 bridgehead atoms. The molecule has 0 amide bonds. The molecule has 4 N–H and O–H groups in total. The highest BCUT2D eigenvalue weighted by atomic mass is 16.4. The molecule has 0 spiro atoms. The van der Waals surface area contributed by atoms with Crippen LogP contribution in [-0.2, 0) is 14.4 Å². The fourth-order valence-corrected chi connectivity index (χ4v) is 0.393. The molecular weight excluding hydrogens is 154 g/mol. The van der Waals surface area contributed by atoms with Crippen LogP contribution in [0.4, 0.5) is 0 Å². The van der Waals surface area contributed by atoms with Gasteiger partial charge in [-0.3, -0.25) is 4.79 Å². The minimum Gasteiger partial charge on any atom is -0.479 e. The summed E-state index contributed by atoms with van der Waals surface area (Å²) in [5, 5.41) is 16.5. The van der Waals surface area contributed by atoms with Crippen molar-refractivity contribution in [1.82, 2.24) is 0 Å². The van der Waals surface area contributed by atoms with E-state index in [0.29, 0.717) is 0 Å². The number of nitrogens with two attached hydrogens (primary N) is 1. The van der Waals surface area contributed by atoms with Gasteiger partial charge in [-0.1, -0.05) is 0 Å². The van der Waals surface area contributed by atoms with Crippen LogP contribution in [0.15, 0.2) is 0 Å². The van der Waals surface area contributed by atoms with Crippen molar-refractivity contribution in [1.29, 1.82) is 0 Å². The van der Waals surface area contributed by atoms with Gasteiger partial charge in [0.1, 0.15) is 0 Å². The number of Topliss-reactive ketones (excluding diaryl/α,β-unsaturated/α-hetero) is 1. The summed E-state index contributed by atoms with van der Waals surface area (Å²) in [4.78, 5) is 30.8. The number of carboxylic acid groups (broad SMARTS) is 2. The quantitative estimate of drug-likeness (QED) is 0.431. The van der Waals surface area contributed by atoms with E-state index in [0.717, 1.165) is 6.92 Å². The summed E-state index contributed by atoms with van der Waals surface area (Å²) in [6.45, 7) is 0.808. The van der Waals surface area contributed by atoms with E-state index in [1.807, 2.05) is 0 Å². The van der Waals surface area contributed by atoms with Crippen LogP contribution in [0.1, 0.15) is 6.92 Å². The average molecular weight is 161 g/mol. The van der Waals surface area contributed by atoms with Crippen LogP contribution in [0.25, 0.3) is 0 Å². The Morgan fingerprint density at radius 2 is 1.45 bits per heavy atom. The zero-order chi connectivity index (χ0) is 9.23. The van der Waals surface area contributed by atoms with Crippen molar-refractivity contribution in [3.05, 3.63) is 0 Å². The first-order valence-electron chi connectivity index (χ1n) is 2.60. The van der Waals surface area contributed by atoms with Crippen LogP contribution in [0, 0.1) is 0 Å². The number of ketones is 1. The fraction of sp³-hybridized carbons (Fsp3) is 0.400. The lowest BCUT2D eigenvalue weighted by atomic mass is 9.97. The number of aliphatic carboxylic acids is 2. The Kier molecular flexibility index (Phi) is 2.32. The average Bonchev–Trinajstić information content (AvgIpc) is 1.84. The summed E-state index contributed by atoms with van der Waals surface area (Å²) < 4.78 is 0. The number of hydrogen-bond acceptors (Lipinski definition) is 4. The molecule has 0 radical (unpaired) electrons. The minimum absolute atomic E-state index is 0.808. The van der Waals surface area contributed by atoms with Crippen LogP contribution < -0.4 is 5.73 Å². The summed E-state index contributed by atoms with van der Waals surface area (Å²) in [5.74, 6) is -4.84. The summed E-state index contributed by atoms with van der Waals surface area (Å²) in [7, 11) is 0. The number of carboxylic acids is 2. The van der Waals surface area contributed by atoms with E-state index >= 15 is 0 Å². The van der Waals surface area contributed by atoms with E-state index in [1.165, 1.54) is 0 Å². The van der Waals surface area contributed by atoms with Gasteiger partial charge in [0.2, 0.25) is 0 Å². The monoisotopic (exact) mass is 161 g/mol. The standard InChI is InChI=1S/C5H7NO5/c1-2(7)5(6,3(8)9)4(10)11/h6H2,1H3,(H,8,9)(H,10,11). The number of carbonyl (C=O) groups excluding carboxylic acids is 1. The van der Waals surface area contributed by atoms with Crippen molar-refractivity contribution in [3.63, 3.8) is 0 Å². The molecule has 0 saturated carbocycles. The summed E-state index contributed by atoms with van der Waals surface area (Å²) in [5.41, 5.74) is 1.97. The predicted octanol–water partition coefficient (Wildman–Crippen LogP) is -1.56. The minimum atomic E-state index is -2.81. The van der Waals surface area contributed by atoms with E-state index in [4.69, 9.17) is 15.9 Å². The summed E-state index contributed by atoms with van der Waals surface area (Å²) >= 11 is 0. The Morgan fingerprint density at radius 3 is 1.45 bits per heavy atom. The molecule has 0 aromatic heterocycles. The third-order valence-corrected chi connectivity index (χ3v) is 1.23.